The zero-order chi connectivity index (χ0) is 9.97. The smallest absolute Gasteiger partial charge is 0.266 e. The predicted molar refractivity (Wildman–Crippen MR) is 48.0 cm³/mol. The predicted octanol–water partition coefficient (Wildman–Crippen LogP) is 0.971. The molecular weight excluding hydrogens is 185 g/mol. The first-order valence-corrected chi connectivity index (χ1v) is 3.92. The van der Waals surface area contributed by atoms with Crippen LogP contribution in [0.15, 0.2) is 35.5 Å². The van der Waals surface area contributed by atoms with Crippen molar-refractivity contribution in [3.8, 4) is 11.3 Å². The summed E-state index contributed by atoms with van der Waals surface area (Å²) in [6.45, 7) is 0. The number of H-pyrrole nitrogens is 1. The van der Waals surface area contributed by atoms with Gasteiger partial charge in [0, 0.05) is 18.0 Å². The average molecular weight is 191 g/mol. The fourth-order valence-electron chi connectivity index (χ4n) is 1.03. The van der Waals surface area contributed by atoms with E-state index in [1.54, 1.807) is 6.07 Å². The van der Waals surface area contributed by atoms with Crippen LogP contribution in [0.3, 0.4) is 0 Å². The van der Waals surface area contributed by atoms with Crippen LogP contribution in [0, 0.1) is 5.95 Å². The molecule has 0 bridgehead atoms. The lowest BCUT2D eigenvalue weighted by Crippen LogP contribution is -2.04. The van der Waals surface area contributed by atoms with Gasteiger partial charge in [-0.3, -0.25) is 4.79 Å². The number of nitrogens with one attached hydrogen (secondary N) is 1. The molecule has 0 saturated carbocycles. The van der Waals surface area contributed by atoms with Crippen LogP contribution >= 0.6 is 0 Å². The Morgan fingerprint density at radius 2 is 2.07 bits per heavy atom. The summed E-state index contributed by atoms with van der Waals surface area (Å²) in [5, 5.41) is 0. The van der Waals surface area contributed by atoms with Crippen LogP contribution in [0.25, 0.3) is 11.3 Å². The van der Waals surface area contributed by atoms with Gasteiger partial charge in [-0.1, -0.05) is 0 Å². The quantitative estimate of drug-likeness (QED) is 0.683. The van der Waals surface area contributed by atoms with Gasteiger partial charge in [0.2, 0.25) is 5.95 Å². The van der Waals surface area contributed by atoms with E-state index >= 15 is 0 Å². The van der Waals surface area contributed by atoms with E-state index in [1.807, 2.05) is 0 Å². The van der Waals surface area contributed by atoms with Crippen molar-refractivity contribution in [1.82, 2.24) is 15.0 Å². The molecule has 4 nitrogen and oxygen atoms in total. The lowest BCUT2D eigenvalue weighted by Gasteiger charge is -1.97. The summed E-state index contributed by atoms with van der Waals surface area (Å²) >= 11 is 0. The Morgan fingerprint density at radius 3 is 2.64 bits per heavy atom. The molecule has 2 aromatic heterocycles. The van der Waals surface area contributed by atoms with Crippen molar-refractivity contribution in [2.45, 2.75) is 0 Å². The first-order chi connectivity index (χ1) is 6.75. The highest BCUT2D eigenvalue weighted by molar-refractivity contribution is 5.55. The first-order valence-electron chi connectivity index (χ1n) is 3.92. The van der Waals surface area contributed by atoms with E-state index in [4.69, 9.17) is 0 Å². The lowest BCUT2D eigenvalue weighted by molar-refractivity contribution is 0.584. The third-order valence-corrected chi connectivity index (χ3v) is 1.70. The summed E-state index contributed by atoms with van der Waals surface area (Å²) in [6.07, 6.45) is 3.98. The molecule has 0 amide bonds. The second-order valence-electron chi connectivity index (χ2n) is 2.67. The molecule has 70 valence electrons. The molecule has 14 heavy (non-hydrogen) atoms. The fraction of sp³-hybridized carbons (Fsp3) is 0. The minimum Gasteiger partial charge on any atom is -0.326 e. The number of hydrogen-bond acceptors (Lipinski definition) is 3. The van der Waals surface area contributed by atoms with Gasteiger partial charge in [0.15, 0.2) is 0 Å². The molecule has 5 heteroatoms. The Morgan fingerprint density at radius 1 is 1.21 bits per heavy atom. The highest BCUT2D eigenvalue weighted by Crippen LogP contribution is 2.12. The lowest BCUT2D eigenvalue weighted by atomic mass is 10.2. The highest BCUT2D eigenvalue weighted by Gasteiger charge is 1.99. The van der Waals surface area contributed by atoms with Crippen LogP contribution in [-0.2, 0) is 0 Å². The molecule has 0 fully saturated rings. The average Bonchev–Trinajstić information content (AvgIpc) is 2.21. The SMILES string of the molecule is O=c1cnc(-c2ccc(F)nc2)c[nH]1. The second kappa shape index (κ2) is 3.37. The van der Waals surface area contributed by atoms with Gasteiger partial charge in [0.25, 0.3) is 5.56 Å². The van der Waals surface area contributed by atoms with Crippen molar-refractivity contribution in [2.75, 3.05) is 0 Å². The Balaban J connectivity index is 2.44. The maximum Gasteiger partial charge on any atom is 0.266 e. The largest absolute Gasteiger partial charge is 0.326 e. The second-order valence-corrected chi connectivity index (χ2v) is 2.67. The number of hydrogen-bond donors (Lipinski definition) is 1. The number of aromatic nitrogens is 3. The molecule has 0 radical (unpaired) electrons. The maximum atomic E-state index is 12.5. The molecule has 0 unspecified atom stereocenters. The van der Waals surface area contributed by atoms with E-state index in [0.717, 1.165) is 0 Å². The third kappa shape index (κ3) is 1.66. The summed E-state index contributed by atoms with van der Waals surface area (Å²) in [5.41, 5.74) is 0.934. The summed E-state index contributed by atoms with van der Waals surface area (Å²) in [6, 6.07) is 2.78. The van der Waals surface area contributed by atoms with E-state index in [0.29, 0.717) is 11.3 Å². The Kier molecular flexibility index (Phi) is 2.06. The summed E-state index contributed by atoms with van der Waals surface area (Å²) < 4.78 is 12.5. The molecule has 0 aliphatic carbocycles. The highest BCUT2D eigenvalue weighted by atomic mass is 19.1. The standard InChI is InChI=1S/C9H6FN3O/c10-8-2-1-6(3-12-8)7-4-13-9(14)5-11-7/h1-5H,(H,13,14). The zero-order valence-electron chi connectivity index (χ0n) is 7.07. The van der Waals surface area contributed by atoms with Crippen LogP contribution in [0.1, 0.15) is 0 Å². The molecule has 0 spiro atoms. The van der Waals surface area contributed by atoms with E-state index in [1.165, 1.54) is 24.7 Å². The third-order valence-electron chi connectivity index (χ3n) is 1.70. The van der Waals surface area contributed by atoms with Gasteiger partial charge in [-0.2, -0.15) is 4.39 Å². The molecule has 1 N–H and O–H groups in total. The molecule has 2 aromatic rings. The van der Waals surface area contributed by atoms with Gasteiger partial charge >= 0.3 is 0 Å². The van der Waals surface area contributed by atoms with Gasteiger partial charge in [0.1, 0.15) is 0 Å². The molecule has 0 atom stereocenters. The molecular formula is C9H6FN3O. The monoisotopic (exact) mass is 191 g/mol. The zero-order valence-corrected chi connectivity index (χ0v) is 7.07. The van der Waals surface area contributed by atoms with E-state index in [-0.39, 0.29) is 5.56 Å². The molecule has 0 aliphatic heterocycles. The molecule has 2 heterocycles. The molecule has 0 aliphatic rings. The van der Waals surface area contributed by atoms with Gasteiger partial charge in [0.05, 0.1) is 11.9 Å². The van der Waals surface area contributed by atoms with Crippen LogP contribution in [0.4, 0.5) is 4.39 Å². The van der Waals surface area contributed by atoms with Crippen molar-refractivity contribution in [1.29, 1.82) is 0 Å². The summed E-state index contributed by atoms with van der Waals surface area (Å²) in [5.74, 6) is -0.543. The number of rotatable bonds is 1. The van der Waals surface area contributed by atoms with Crippen LogP contribution in [-0.4, -0.2) is 15.0 Å². The topological polar surface area (TPSA) is 58.6 Å². The van der Waals surface area contributed by atoms with Crippen LogP contribution < -0.4 is 5.56 Å². The summed E-state index contributed by atoms with van der Waals surface area (Å²) in [4.78, 5) is 20.5. The maximum absolute atomic E-state index is 12.5. The van der Waals surface area contributed by atoms with Crippen molar-refractivity contribution >= 4 is 0 Å². The number of halogens is 1. The van der Waals surface area contributed by atoms with Gasteiger partial charge in [-0.15, -0.1) is 0 Å². The van der Waals surface area contributed by atoms with E-state index in [9.17, 15) is 9.18 Å². The Labute approximate surface area is 78.5 Å². The van der Waals surface area contributed by atoms with Gasteiger partial charge in [-0.05, 0) is 12.1 Å². The first kappa shape index (κ1) is 8.55. The molecule has 2 rings (SSSR count). The van der Waals surface area contributed by atoms with E-state index < -0.39 is 5.95 Å². The Hall–Kier alpha value is -2.04. The van der Waals surface area contributed by atoms with Gasteiger partial charge in [-0.25, -0.2) is 9.97 Å². The minimum atomic E-state index is -0.543. The normalized spacial score (nSPS) is 10.1. The van der Waals surface area contributed by atoms with Crippen molar-refractivity contribution in [3.05, 3.63) is 47.0 Å². The van der Waals surface area contributed by atoms with Crippen LogP contribution in [0.5, 0.6) is 0 Å². The van der Waals surface area contributed by atoms with Crippen molar-refractivity contribution in [3.63, 3.8) is 0 Å². The fourth-order valence-corrected chi connectivity index (χ4v) is 1.03. The Bertz CT molecular complexity index is 472. The number of nitrogens with zero attached hydrogens (tertiary/aromatic N) is 2. The van der Waals surface area contributed by atoms with Crippen molar-refractivity contribution in [2.24, 2.45) is 0 Å². The minimum absolute atomic E-state index is 0.274. The van der Waals surface area contributed by atoms with Crippen LogP contribution in [0.2, 0.25) is 0 Å². The number of aromatic amines is 1. The molecule has 0 saturated heterocycles. The van der Waals surface area contributed by atoms with Crippen molar-refractivity contribution < 1.29 is 4.39 Å². The number of pyridine rings is 1. The summed E-state index contributed by atoms with van der Waals surface area (Å²) in [7, 11) is 0. The van der Waals surface area contributed by atoms with E-state index in [2.05, 4.69) is 15.0 Å². The molecule has 0 aromatic carbocycles. The van der Waals surface area contributed by atoms with Gasteiger partial charge < -0.3 is 4.98 Å².